The summed E-state index contributed by atoms with van der Waals surface area (Å²) >= 11 is 6.20. The van der Waals surface area contributed by atoms with E-state index in [9.17, 15) is 21.6 Å². The number of fused-ring (bicyclic) bond motifs is 1. The number of primary sulfonamides is 1. The van der Waals surface area contributed by atoms with E-state index in [1.165, 1.54) is 18.2 Å². The van der Waals surface area contributed by atoms with Gasteiger partial charge in [-0.1, -0.05) is 18.2 Å². The summed E-state index contributed by atoms with van der Waals surface area (Å²) in [7, 11) is -4.07. The van der Waals surface area contributed by atoms with E-state index in [1.807, 2.05) is 0 Å². The third-order valence-corrected chi connectivity index (χ3v) is 7.00. The Kier molecular flexibility index (Phi) is 5.70. The van der Waals surface area contributed by atoms with Gasteiger partial charge in [-0.05, 0) is 61.4 Å². The molecule has 0 amide bonds. The molecule has 10 heteroatoms. The first-order chi connectivity index (χ1) is 14.5. The summed E-state index contributed by atoms with van der Waals surface area (Å²) in [6.45, 7) is 0. The fraction of sp³-hybridized carbons (Fsp3) is 0.333. The van der Waals surface area contributed by atoms with E-state index in [2.05, 4.69) is 9.72 Å². The highest BCUT2D eigenvalue weighted by molar-refractivity contribution is 7.89. The third kappa shape index (κ3) is 4.83. The summed E-state index contributed by atoms with van der Waals surface area (Å²) in [6.07, 6.45) is -1.72. The third-order valence-electron chi connectivity index (χ3n) is 5.54. The van der Waals surface area contributed by atoms with Crippen LogP contribution in [-0.2, 0) is 10.0 Å². The molecule has 4 rings (SSSR count). The lowest BCUT2D eigenvalue weighted by molar-refractivity contribution is -0.274. The van der Waals surface area contributed by atoms with Crippen LogP contribution in [0.4, 0.5) is 13.2 Å². The number of H-pyrrole nitrogens is 1. The number of aromatic amines is 1. The molecular formula is C21H20ClF3N2O3S. The van der Waals surface area contributed by atoms with Gasteiger partial charge in [0.25, 0.3) is 0 Å². The Balaban J connectivity index is 1.80. The number of nitrogens with one attached hydrogen (secondary N) is 1. The lowest BCUT2D eigenvalue weighted by atomic mass is 9.83. The van der Waals surface area contributed by atoms with Crippen LogP contribution in [0.3, 0.4) is 0 Å². The van der Waals surface area contributed by atoms with Crippen molar-refractivity contribution in [3.05, 3.63) is 48.0 Å². The number of hydrogen-bond acceptors (Lipinski definition) is 3. The lowest BCUT2D eigenvalue weighted by Gasteiger charge is -2.27. The summed E-state index contributed by atoms with van der Waals surface area (Å²) < 4.78 is 66.7. The molecule has 0 bridgehead atoms. The number of alkyl halides is 4. The highest BCUT2D eigenvalue weighted by Gasteiger charge is 2.31. The van der Waals surface area contributed by atoms with Gasteiger partial charge in [-0.2, -0.15) is 0 Å². The van der Waals surface area contributed by atoms with E-state index in [0.717, 1.165) is 25.7 Å². The smallest absolute Gasteiger partial charge is 0.406 e. The van der Waals surface area contributed by atoms with Gasteiger partial charge in [-0.3, -0.25) is 0 Å². The van der Waals surface area contributed by atoms with E-state index in [-0.39, 0.29) is 21.9 Å². The highest BCUT2D eigenvalue weighted by Crippen LogP contribution is 2.41. The van der Waals surface area contributed by atoms with Crippen molar-refractivity contribution in [2.24, 2.45) is 5.14 Å². The average Bonchev–Trinajstić information content (AvgIpc) is 3.09. The predicted molar refractivity (Wildman–Crippen MR) is 113 cm³/mol. The number of benzene rings is 2. The van der Waals surface area contributed by atoms with Gasteiger partial charge in [0.05, 0.1) is 4.90 Å². The molecule has 3 aromatic rings. The number of halogens is 4. The maximum absolute atomic E-state index is 12.6. The Hall–Kier alpha value is -2.23. The molecule has 166 valence electrons. The van der Waals surface area contributed by atoms with Gasteiger partial charge in [0.1, 0.15) is 5.75 Å². The summed E-state index contributed by atoms with van der Waals surface area (Å²) in [5.41, 5.74) is 2.00. The van der Waals surface area contributed by atoms with Crippen LogP contribution >= 0.6 is 11.6 Å². The van der Waals surface area contributed by atoms with Crippen molar-refractivity contribution < 1.29 is 26.3 Å². The number of rotatable bonds is 4. The average molecular weight is 473 g/mol. The zero-order chi connectivity index (χ0) is 22.4. The van der Waals surface area contributed by atoms with Crippen LogP contribution in [-0.4, -0.2) is 25.1 Å². The molecule has 31 heavy (non-hydrogen) atoms. The molecule has 0 aliphatic heterocycles. The standard InChI is InChI=1S/C21H20ClF3N2O3S/c22-14-6-4-12(5-7-14)16-2-1-3-17(20(16)31(26,28)29)19-11-13-10-15(30-21(23,24)25)8-9-18(13)27-19/h1-3,8-12,14,27H,4-7H2,(H2,26,28,29). The molecule has 5 nitrogen and oxygen atoms in total. The molecule has 1 aromatic heterocycles. The van der Waals surface area contributed by atoms with Gasteiger partial charge in [-0.25, -0.2) is 13.6 Å². The SMILES string of the molecule is NS(=O)(=O)c1c(-c2cc3cc(OC(F)(F)F)ccc3[nH]2)cccc1C1CCC(Cl)CC1. The van der Waals surface area contributed by atoms with Crippen LogP contribution in [0.25, 0.3) is 22.2 Å². The Bertz CT molecular complexity index is 1220. The van der Waals surface area contributed by atoms with Crippen LogP contribution in [0.2, 0.25) is 0 Å². The van der Waals surface area contributed by atoms with Gasteiger partial charge in [0, 0.05) is 27.5 Å². The molecule has 0 radical (unpaired) electrons. The zero-order valence-corrected chi connectivity index (χ0v) is 17.8. The van der Waals surface area contributed by atoms with Gasteiger partial charge >= 0.3 is 6.36 Å². The largest absolute Gasteiger partial charge is 0.573 e. The molecule has 0 saturated heterocycles. The van der Waals surface area contributed by atoms with Crippen LogP contribution in [0.5, 0.6) is 5.75 Å². The molecule has 1 saturated carbocycles. The maximum Gasteiger partial charge on any atom is 0.573 e. The Labute approximate surface area is 182 Å². The van der Waals surface area contributed by atoms with Crippen molar-refractivity contribution in [3.63, 3.8) is 0 Å². The minimum atomic E-state index is -4.80. The molecule has 1 aliphatic carbocycles. The van der Waals surface area contributed by atoms with Crippen molar-refractivity contribution in [3.8, 4) is 17.0 Å². The van der Waals surface area contributed by atoms with Crippen LogP contribution in [0.15, 0.2) is 47.4 Å². The molecule has 3 N–H and O–H groups in total. The normalized spacial score (nSPS) is 20.2. The first kappa shape index (κ1) is 22.0. The van der Waals surface area contributed by atoms with Gasteiger partial charge in [0.15, 0.2) is 0 Å². The fourth-order valence-electron chi connectivity index (χ4n) is 4.22. The first-order valence-corrected chi connectivity index (χ1v) is 11.7. The second-order valence-electron chi connectivity index (χ2n) is 7.70. The minimum absolute atomic E-state index is 0.0134. The summed E-state index contributed by atoms with van der Waals surface area (Å²) in [4.78, 5) is 3.11. The number of nitrogens with two attached hydrogens (primary N) is 1. The topological polar surface area (TPSA) is 85.2 Å². The van der Waals surface area contributed by atoms with Crippen LogP contribution < -0.4 is 9.88 Å². The predicted octanol–water partition coefficient (Wildman–Crippen LogP) is 5.65. The van der Waals surface area contributed by atoms with Crippen molar-refractivity contribution in [2.75, 3.05) is 0 Å². The van der Waals surface area contributed by atoms with Crippen molar-refractivity contribution in [1.82, 2.24) is 4.98 Å². The van der Waals surface area contributed by atoms with Gasteiger partial charge < -0.3 is 9.72 Å². The van der Waals surface area contributed by atoms with Gasteiger partial charge in [-0.15, -0.1) is 24.8 Å². The molecule has 1 fully saturated rings. The summed E-state index contributed by atoms with van der Waals surface area (Å²) in [6, 6.07) is 10.6. The lowest BCUT2D eigenvalue weighted by Crippen LogP contribution is -2.20. The second kappa shape index (κ2) is 8.03. The van der Waals surface area contributed by atoms with Crippen molar-refractivity contribution in [1.29, 1.82) is 0 Å². The molecule has 1 aliphatic rings. The van der Waals surface area contributed by atoms with E-state index in [4.69, 9.17) is 16.7 Å². The van der Waals surface area contributed by atoms with E-state index in [0.29, 0.717) is 27.7 Å². The van der Waals surface area contributed by atoms with E-state index >= 15 is 0 Å². The molecule has 2 aromatic carbocycles. The zero-order valence-electron chi connectivity index (χ0n) is 16.2. The molecule has 0 atom stereocenters. The number of hydrogen-bond donors (Lipinski definition) is 2. The number of aromatic nitrogens is 1. The quantitative estimate of drug-likeness (QED) is 0.481. The van der Waals surface area contributed by atoms with Crippen LogP contribution in [0.1, 0.15) is 37.2 Å². The van der Waals surface area contributed by atoms with E-state index < -0.39 is 16.4 Å². The van der Waals surface area contributed by atoms with E-state index in [1.54, 1.807) is 24.3 Å². The maximum atomic E-state index is 12.6. The summed E-state index contributed by atoms with van der Waals surface area (Å²) in [5.74, 6) is -0.344. The molecule has 1 heterocycles. The molecule has 0 spiro atoms. The first-order valence-electron chi connectivity index (χ1n) is 9.70. The fourth-order valence-corrected chi connectivity index (χ4v) is 5.52. The molecule has 0 unspecified atom stereocenters. The van der Waals surface area contributed by atoms with Crippen molar-refractivity contribution in [2.45, 2.75) is 48.2 Å². The van der Waals surface area contributed by atoms with Crippen molar-refractivity contribution >= 4 is 32.5 Å². The number of ether oxygens (including phenoxy) is 1. The van der Waals surface area contributed by atoms with Crippen LogP contribution in [0, 0.1) is 0 Å². The minimum Gasteiger partial charge on any atom is -0.406 e. The summed E-state index contributed by atoms with van der Waals surface area (Å²) in [5, 5.41) is 6.14. The van der Waals surface area contributed by atoms with Gasteiger partial charge in [0.2, 0.25) is 10.0 Å². The Morgan fingerprint density at radius 1 is 1.06 bits per heavy atom. The number of sulfonamides is 1. The Morgan fingerprint density at radius 2 is 1.77 bits per heavy atom. The second-order valence-corrected chi connectivity index (χ2v) is 9.81. The monoisotopic (exact) mass is 472 g/mol. The Morgan fingerprint density at radius 3 is 2.42 bits per heavy atom. The highest BCUT2D eigenvalue weighted by atomic mass is 35.5. The molecular weight excluding hydrogens is 453 g/mol.